The van der Waals surface area contributed by atoms with Crippen LogP contribution in [0.15, 0.2) is 61.2 Å². The number of rotatable bonds is 5. The second-order valence-electron chi connectivity index (χ2n) is 7.97. The number of fused-ring (bicyclic) bond motifs is 2. The van der Waals surface area contributed by atoms with Gasteiger partial charge in [-0.2, -0.15) is 13.2 Å². The zero-order valence-corrected chi connectivity index (χ0v) is 17.4. The Kier molecular flexibility index (Phi) is 5.71. The van der Waals surface area contributed by atoms with Crippen molar-refractivity contribution in [1.29, 1.82) is 0 Å². The number of nitrogens with zero attached hydrogens (tertiary/aromatic N) is 2. The highest BCUT2D eigenvalue weighted by atomic mass is 19.4. The van der Waals surface area contributed by atoms with E-state index in [0.717, 1.165) is 17.3 Å². The number of alkyl halides is 3. The van der Waals surface area contributed by atoms with E-state index in [4.69, 9.17) is 4.74 Å². The number of hydrogen-bond acceptors (Lipinski definition) is 3. The van der Waals surface area contributed by atoms with Crippen molar-refractivity contribution in [2.75, 3.05) is 31.1 Å². The highest BCUT2D eigenvalue weighted by Crippen LogP contribution is 2.47. The van der Waals surface area contributed by atoms with Crippen molar-refractivity contribution in [3.63, 3.8) is 0 Å². The van der Waals surface area contributed by atoms with Gasteiger partial charge in [0.2, 0.25) is 5.91 Å². The Morgan fingerprint density at radius 1 is 1.09 bits per heavy atom. The molecule has 1 spiro atoms. The largest absolute Gasteiger partial charge is 0.483 e. The molecule has 4 rings (SSSR count). The van der Waals surface area contributed by atoms with Crippen molar-refractivity contribution < 1.29 is 27.5 Å². The van der Waals surface area contributed by atoms with Gasteiger partial charge in [-0.05, 0) is 36.6 Å². The fourth-order valence-corrected chi connectivity index (χ4v) is 4.59. The molecule has 0 aliphatic carbocycles. The van der Waals surface area contributed by atoms with E-state index in [2.05, 4.69) is 6.58 Å². The molecule has 8 heteroatoms. The maximum Gasteiger partial charge on any atom is 0.419 e. The van der Waals surface area contributed by atoms with Crippen molar-refractivity contribution in [3.05, 3.63) is 72.3 Å². The minimum atomic E-state index is -4.56. The lowest BCUT2D eigenvalue weighted by Crippen LogP contribution is -2.51. The summed E-state index contributed by atoms with van der Waals surface area (Å²) >= 11 is 0. The van der Waals surface area contributed by atoms with Gasteiger partial charge in [0, 0.05) is 25.3 Å². The molecule has 1 fully saturated rings. The van der Waals surface area contributed by atoms with Crippen LogP contribution >= 0.6 is 0 Å². The van der Waals surface area contributed by atoms with E-state index < -0.39 is 29.7 Å². The zero-order valence-electron chi connectivity index (χ0n) is 17.4. The SMILES string of the molecule is C=CCN1C(=O)C2(CCN(C(=O)COc3ccccc3C(F)(F)F)CC2)c2ccccc21. The molecule has 2 amide bonds. The van der Waals surface area contributed by atoms with Crippen LogP contribution in [0.5, 0.6) is 5.75 Å². The average Bonchev–Trinajstić information content (AvgIpc) is 3.01. The number of anilines is 1. The summed E-state index contributed by atoms with van der Waals surface area (Å²) in [6, 6.07) is 12.5. The number of halogens is 3. The number of carbonyl (C=O) groups excluding carboxylic acids is 2. The fraction of sp³-hybridized carbons (Fsp3) is 0.333. The lowest BCUT2D eigenvalue weighted by Gasteiger charge is -2.38. The number of likely N-dealkylation sites (tertiary alicyclic amines) is 1. The molecular formula is C24H23F3N2O3. The smallest absolute Gasteiger partial charge is 0.419 e. The average molecular weight is 444 g/mol. The minimum Gasteiger partial charge on any atom is -0.483 e. The van der Waals surface area contributed by atoms with E-state index in [9.17, 15) is 22.8 Å². The maximum absolute atomic E-state index is 13.3. The molecule has 2 aliphatic heterocycles. The lowest BCUT2D eigenvalue weighted by molar-refractivity contribution is -0.141. The van der Waals surface area contributed by atoms with Crippen molar-refractivity contribution in [2.24, 2.45) is 0 Å². The van der Waals surface area contributed by atoms with E-state index in [-0.39, 0.29) is 11.7 Å². The van der Waals surface area contributed by atoms with Gasteiger partial charge in [-0.15, -0.1) is 6.58 Å². The van der Waals surface area contributed by atoms with Crippen molar-refractivity contribution in [1.82, 2.24) is 4.90 Å². The van der Waals surface area contributed by atoms with Crippen LogP contribution < -0.4 is 9.64 Å². The predicted octanol–water partition coefficient (Wildman–Crippen LogP) is 4.18. The summed E-state index contributed by atoms with van der Waals surface area (Å²) in [5.41, 5.74) is 0.208. The van der Waals surface area contributed by atoms with Gasteiger partial charge in [0.05, 0.1) is 11.0 Å². The molecule has 0 aromatic heterocycles. The molecular weight excluding hydrogens is 421 g/mol. The van der Waals surface area contributed by atoms with Crippen molar-refractivity contribution >= 4 is 17.5 Å². The van der Waals surface area contributed by atoms with E-state index in [1.807, 2.05) is 24.3 Å². The van der Waals surface area contributed by atoms with Crippen LogP contribution in [0.3, 0.4) is 0 Å². The Morgan fingerprint density at radius 3 is 2.44 bits per heavy atom. The third kappa shape index (κ3) is 3.74. The first-order chi connectivity index (χ1) is 15.3. The third-order valence-corrected chi connectivity index (χ3v) is 6.19. The van der Waals surface area contributed by atoms with Gasteiger partial charge < -0.3 is 14.5 Å². The molecule has 0 bridgehead atoms. The first-order valence-corrected chi connectivity index (χ1v) is 10.4. The molecule has 2 aromatic carbocycles. The van der Waals surface area contributed by atoms with Gasteiger partial charge in [-0.1, -0.05) is 36.4 Å². The molecule has 32 heavy (non-hydrogen) atoms. The van der Waals surface area contributed by atoms with Gasteiger partial charge in [0.15, 0.2) is 6.61 Å². The summed E-state index contributed by atoms with van der Waals surface area (Å²) in [6.45, 7) is 4.30. The molecule has 0 radical (unpaired) electrons. The molecule has 168 valence electrons. The predicted molar refractivity (Wildman–Crippen MR) is 113 cm³/mol. The van der Waals surface area contributed by atoms with Crippen LogP contribution in [0.4, 0.5) is 18.9 Å². The van der Waals surface area contributed by atoms with Crippen LogP contribution in [-0.2, 0) is 21.2 Å². The quantitative estimate of drug-likeness (QED) is 0.651. The summed E-state index contributed by atoms with van der Waals surface area (Å²) < 4.78 is 44.6. The molecule has 0 N–H and O–H groups in total. The van der Waals surface area contributed by atoms with Gasteiger partial charge in [0.1, 0.15) is 5.75 Å². The Labute approximate surface area is 184 Å². The topological polar surface area (TPSA) is 49.9 Å². The highest BCUT2D eigenvalue weighted by molar-refractivity contribution is 6.08. The Bertz CT molecular complexity index is 1040. The van der Waals surface area contributed by atoms with E-state index in [0.29, 0.717) is 32.5 Å². The van der Waals surface area contributed by atoms with Gasteiger partial charge in [0.25, 0.3) is 5.91 Å². The fourth-order valence-electron chi connectivity index (χ4n) is 4.59. The van der Waals surface area contributed by atoms with Crippen molar-refractivity contribution in [2.45, 2.75) is 24.4 Å². The van der Waals surface area contributed by atoms with Crippen molar-refractivity contribution in [3.8, 4) is 5.75 Å². The number of ether oxygens (including phenoxy) is 1. The molecule has 2 aromatic rings. The molecule has 5 nitrogen and oxygen atoms in total. The van der Waals surface area contributed by atoms with E-state index >= 15 is 0 Å². The Hall–Kier alpha value is -3.29. The number of amides is 2. The van der Waals surface area contributed by atoms with E-state index in [1.54, 1.807) is 15.9 Å². The number of carbonyl (C=O) groups is 2. The Balaban J connectivity index is 1.44. The lowest BCUT2D eigenvalue weighted by atomic mass is 9.73. The van der Waals surface area contributed by atoms with Gasteiger partial charge >= 0.3 is 6.18 Å². The van der Waals surface area contributed by atoms with Crippen LogP contribution in [0, 0.1) is 0 Å². The number of para-hydroxylation sites is 2. The summed E-state index contributed by atoms with van der Waals surface area (Å²) in [5, 5.41) is 0. The van der Waals surface area contributed by atoms with Crippen LogP contribution in [0.1, 0.15) is 24.0 Å². The number of piperidine rings is 1. The zero-order chi connectivity index (χ0) is 22.9. The molecule has 2 aliphatic rings. The minimum absolute atomic E-state index is 0.000976. The summed E-state index contributed by atoms with van der Waals surface area (Å²) in [6.07, 6.45) is -1.99. The first-order valence-electron chi connectivity index (χ1n) is 10.4. The second kappa shape index (κ2) is 8.33. The normalized spacial score (nSPS) is 17.4. The van der Waals surface area contributed by atoms with Crippen LogP contribution in [0.25, 0.3) is 0 Å². The monoisotopic (exact) mass is 444 g/mol. The summed E-state index contributed by atoms with van der Waals surface area (Å²) in [5.74, 6) is -0.777. The van der Waals surface area contributed by atoms with E-state index in [1.165, 1.54) is 18.2 Å². The maximum atomic E-state index is 13.3. The highest BCUT2D eigenvalue weighted by Gasteiger charge is 2.52. The summed E-state index contributed by atoms with van der Waals surface area (Å²) in [4.78, 5) is 29.2. The molecule has 0 saturated carbocycles. The standard InChI is InChI=1S/C24H23F3N2O3/c1-2-13-29-19-9-5-3-7-17(19)23(22(29)31)11-14-28(15-12-23)21(30)16-32-20-10-6-4-8-18(20)24(25,26)27/h2-10H,1,11-16H2. The molecule has 0 atom stereocenters. The Morgan fingerprint density at radius 2 is 1.75 bits per heavy atom. The number of hydrogen-bond donors (Lipinski definition) is 0. The van der Waals surface area contributed by atoms with Crippen LogP contribution in [0.2, 0.25) is 0 Å². The van der Waals surface area contributed by atoms with Crippen LogP contribution in [-0.4, -0.2) is 43.0 Å². The second-order valence-corrected chi connectivity index (χ2v) is 7.97. The van der Waals surface area contributed by atoms with Gasteiger partial charge in [-0.3, -0.25) is 9.59 Å². The first kappa shape index (κ1) is 21.9. The molecule has 2 heterocycles. The summed E-state index contributed by atoms with van der Waals surface area (Å²) in [7, 11) is 0. The molecule has 1 saturated heterocycles. The number of benzene rings is 2. The molecule has 0 unspecified atom stereocenters. The third-order valence-electron chi connectivity index (χ3n) is 6.19. The van der Waals surface area contributed by atoms with Gasteiger partial charge in [-0.25, -0.2) is 0 Å².